The molecule has 0 aromatic heterocycles. The molecule has 0 atom stereocenters. The van der Waals surface area contributed by atoms with Crippen molar-refractivity contribution in [2.45, 2.75) is 45.1 Å². The van der Waals surface area contributed by atoms with Gasteiger partial charge in [0.25, 0.3) is 0 Å². The summed E-state index contributed by atoms with van der Waals surface area (Å²) in [6.07, 6.45) is 2.82. The van der Waals surface area contributed by atoms with Crippen molar-refractivity contribution in [1.82, 2.24) is 0 Å². The maximum absolute atomic E-state index is 13.2. The second-order valence-electron chi connectivity index (χ2n) is 6.19. The van der Waals surface area contributed by atoms with Crippen LogP contribution in [-0.2, 0) is 4.79 Å². The van der Waals surface area contributed by atoms with E-state index in [2.05, 4.69) is 19.2 Å². The summed E-state index contributed by atoms with van der Waals surface area (Å²) in [4.78, 5) is 11.6. The van der Waals surface area contributed by atoms with E-state index in [0.29, 0.717) is 18.5 Å². The Morgan fingerprint density at radius 2 is 1.89 bits per heavy atom. The van der Waals surface area contributed by atoms with Gasteiger partial charge in [0, 0.05) is 5.69 Å². The third-order valence-corrected chi connectivity index (χ3v) is 4.07. The van der Waals surface area contributed by atoms with Gasteiger partial charge in [-0.2, -0.15) is 0 Å². The van der Waals surface area contributed by atoms with Gasteiger partial charge in [-0.3, -0.25) is 0 Å². The van der Waals surface area contributed by atoms with Crippen molar-refractivity contribution in [3.05, 3.63) is 30.1 Å². The van der Waals surface area contributed by atoms with Crippen molar-refractivity contribution < 1.29 is 14.3 Å². The van der Waals surface area contributed by atoms with Crippen LogP contribution in [0.15, 0.2) is 24.3 Å². The third-order valence-electron chi connectivity index (χ3n) is 4.07. The molecule has 1 aliphatic rings. The summed E-state index contributed by atoms with van der Waals surface area (Å²) in [6.45, 7) is 4.31. The molecule has 4 heteroatoms. The Balaban J connectivity index is 2.20. The van der Waals surface area contributed by atoms with Crippen LogP contribution in [0.2, 0.25) is 0 Å². The van der Waals surface area contributed by atoms with Gasteiger partial charge in [-0.15, -0.1) is 0 Å². The molecule has 0 saturated heterocycles. The van der Waals surface area contributed by atoms with E-state index in [4.69, 9.17) is 0 Å². The minimum absolute atomic E-state index is 0.183. The van der Waals surface area contributed by atoms with Crippen LogP contribution in [0.25, 0.3) is 0 Å². The molecular weight excluding hydrogens is 245 g/mol. The summed E-state index contributed by atoms with van der Waals surface area (Å²) >= 11 is 0. The SMILES string of the molecule is CC1(C)CCC(Nc2cccc(F)c2)(C(=O)O)CC1. The summed E-state index contributed by atoms with van der Waals surface area (Å²) in [5.74, 6) is -1.21. The van der Waals surface area contributed by atoms with Crippen LogP contribution in [0.1, 0.15) is 39.5 Å². The first-order valence-electron chi connectivity index (χ1n) is 6.60. The topological polar surface area (TPSA) is 49.3 Å². The Kier molecular flexibility index (Phi) is 3.52. The zero-order valence-corrected chi connectivity index (χ0v) is 11.4. The van der Waals surface area contributed by atoms with Gasteiger partial charge in [0.2, 0.25) is 0 Å². The average molecular weight is 265 g/mol. The van der Waals surface area contributed by atoms with Crippen molar-refractivity contribution in [3.63, 3.8) is 0 Å². The second kappa shape index (κ2) is 4.83. The van der Waals surface area contributed by atoms with Gasteiger partial charge in [0.1, 0.15) is 11.4 Å². The minimum atomic E-state index is -0.969. The van der Waals surface area contributed by atoms with Crippen molar-refractivity contribution in [2.24, 2.45) is 5.41 Å². The Morgan fingerprint density at radius 3 is 2.42 bits per heavy atom. The molecule has 0 spiro atoms. The predicted molar refractivity (Wildman–Crippen MR) is 72.6 cm³/mol. The Hall–Kier alpha value is -1.58. The van der Waals surface area contributed by atoms with E-state index in [9.17, 15) is 14.3 Å². The lowest BCUT2D eigenvalue weighted by Crippen LogP contribution is -2.50. The van der Waals surface area contributed by atoms with Crippen LogP contribution in [0.5, 0.6) is 0 Å². The molecule has 0 unspecified atom stereocenters. The molecule has 0 bridgehead atoms. The van der Waals surface area contributed by atoms with Crippen LogP contribution < -0.4 is 5.32 Å². The fraction of sp³-hybridized carbons (Fsp3) is 0.533. The molecule has 1 saturated carbocycles. The minimum Gasteiger partial charge on any atom is -0.480 e. The highest BCUT2D eigenvalue weighted by Crippen LogP contribution is 2.41. The Morgan fingerprint density at radius 1 is 1.26 bits per heavy atom. The Bertz CT molecular complexity index is 475. The van der Waals surface area contributed by atoms with Crippen molar-refractivity contribution >= 4 is 11.7 Å². The van der Waals surface area contributed by atoms with E-state index in [1.54, 1.807) is 12.1 Å². The van der Waals surface area contributed by atoms with E-state index in [-0.39, 0.29) is 11.2 Å². The summed E-state index contributed by atoms with van der Waals surface area (Å²) in [5.41, 5.74) is -0.256. The summed E-state index contributed by atoms with van der Waals surface area (Å²) < 4.78 is 13.2. The highest BCUT2D eigenvalue weighted by atomic mass is 19.1. The number of anilines is 1. The monoisotopic (exact) mass is 265 g/mol. The molecule has 2 rings (SSSR count). The lowest BCUT2D eigenvalue weighted by atomic mass is 9.69. The van der Waals surface area contributed by atoms with Gasteiger partial charge >= 0.3 is 5.97 Å². The maximum Gasteiger partial charge on any atom is 0.329 e. The molecule has 0 aliphatic heterocycles. The first kappa shape index (κ1) is 13.8. The van der Waals surface area contributed by atoms with Gasteiger partial charge in [-0.05, 0) is 49.3 Å². The number of aliphatic carboxylic acids is 1. The first-order chi connectivity index (χ1) is 8.83. The van der Waals surface area contributed by atoms with Gasteiger partial charge in [-0.1, -0.05) is 19.9 Å². The predicted octanol–water partition coefficient (Wildman–Crippen LogP) is 3.66. The van der Waals surface area contributed by atoms with E-state index in [1.165, 1.54) is 12.1 Å². The third kappa shape index (κ3) is 3.06. The normalized spacial score (nSPS) is 20.8. The molecule has 1 aliphatic carbocycles. The highest BCUT2D eigenvalue weighted by Gasteiger charge is 2.44. The molecule has 0 heterocycles. The number of carbonyl (C=O) groups is 1. The number of nitrogens with one attached hydrogen (secondary N) is 1. The summed E-state index contributed by atoms with van der Waals surface area (Å²) in [6, 6.07) is 5.97. The highest BCUT2D eigenvalue weighted by molar-refractivity contribution is 5.83. The van der Waals surface area contributed by atoms with Gasteiger partial charge in [0.05, 0.1) is 0 Å². The number of carboxylic acids is 1. The molecule has 104 valence electrons. The van der Waals surface area contributed by atoms with E-state index in [0.717, 1.165) is 12.8 Å². The number of halogens is 1. The molecule has 1 aromatic rings. The lowest BCUT2D eigenvalue weighted by Gasteiger charge is -2.41. The fourth-order valence-electron chi connectivity index (χ4n) is 2.59. The number of carboxylic acid groups (broad SMARTS) is 1. The van der Waals surface area contributed by atoms with Gasteiger partial charge in [-0.25, -0.2) is 9.18 Å². The van der Waals surface area contributed by atoms with E-state index < -0.39 is 11.5 Å². The number of benzene rings is 1. The number of rotatable bonds is 3. The van der Waals surface area contributed by atoms with E-state index >= 15 is 0 Å². The quantitative estimate of drug-likeness (QED) is 0.876. The number of hydrogen-bond donors (Lipinski definition) is 2. The smallest absolute Gasteiger partial charge is 0.329 e. The first-order valence-corrected chi connectivity index (χ1v) is 6.60. The molecule has 1 fully saturated rings. The van der Waals surface area contributed by atoms with Crippen molar-refractivity contribution in [1.29, 1.82) is 0 Å². The molecule has 1 aromatic carbocycles. The number of hydrogen-bond acceptors (Lipinski definition) is 2. The Labute approximate surface area is 112 Å². The van der Waals surface area contributed by atoms with Crippen LogP contribution in [0.4, 0.5) is 10.1 Å². The van der Waals surface area contributed by atoms with E-state index in [1.807, 2.05) is 0 Å². The standard InChI is InChI=1S/C15H20FNO2/c1-14(2)6-8-15(9-7-14,13(18)19)17-12-5-3-4-11(16)10-12/h3-5,10,17H,6-9H2,1-2H3,(H,18,19). The van der Waals surface area contributed by atoms with Crippen molar-refractivity contribution in [3.8, 4) is 0 Å². The molecule has 19 heavy (non-hydrogen) atoms. The van der Waals surface area contributed by atoms with Crippen molar-refractivity contribution in [2.75, 3.05) is 5.32 Å². The maximum atomic E-state index is 13.2. The second-order valence-corrected chi connectivity index (χ2v) is 6.19. The molecule has 0 amide bonds. The zero-order valence-electron chi connectivity index (χ0n) is 11.4. The lowest BCUT2D eigenvalue weighted by molar-refractivity contribution is -0.144. The summed E-state index contributed by atoms with van der Waals surface area (Å²) in [5, 5.41) is 12.6. The zero-order chi connectivity index (χ0) is 14.1. The van der Waals surface area contributed by atoms with Gasteiger partial charge in [0.15, 0.2) is 0 Å². The largest absolute Gasteiger partial charge is 0.480 e. The summed E-state index contributed by atoms with van der Waals surface area (Å²) in [7, 11) is 0. The average Bonchev–Trinajstić information content (AvgIpc) is 2.32. The molecule has 0 radical (unpaired) electrons. The van der Waals surface area contributed by atoms with Crippen LogP contribution >= 0.6 is 0 Å². The van der Waals surface area contributed by atoms with Crippen LogP contribution in [-0.4, -0.2) is 16.6 Å². The van der Waals surface area contributed by atoms with Crippen LogP contribution in [0.3, 0.4) is 0 Å². The van der Waals surface area contributed by atoms with Gasteiger partial charge < -0.3 is 10.4 Å². The fourth-order valence-corrected chi connectivity index (χ4v) is 2.59. The molecule has 3 nitrogen and oxygen atoms in total. The molecular formula is C15H20FNO2. The molecule has 2 N–H and O–H groups in total. The van der Waals surface area contributed by atoms with Crippen LogP contribution in [0, 0.1) is 11.2 Å².